The minimum Gasteiger partial charge on any atom is -0.480 e. The molecule has 0 amide bonds. The molecule has 4 nitrogen and oxygen atoms in total. The van der Waals surface area contributed by atoms with Gasteiger partial charge in [0.2, 0.25) is 0 Å². The fraction of sp³-hybridized carbons (Fsp3) is 0.643. The Hall–Kier alpha value is -0.910. The van der Waals surface area contributed by atoms with Gasteiger partial charge in [-0.1, -0.05) is 0 Å². The lowest BCUT2D eigenvalue weighted by Crippen LogP contribution is -2.52. The zero-order valence-electron chi connectivity index (χ0n) is 11.8. The normalized spacial score (nSPS) is 21.2. The molecule has 1 N–H and O–H groups in total. The first-order chi connectivity index (χ1) is 8.99. The van der Waals surface area contributed by atoms with Gasteiger partial charge in [-0.15, -0.1) is 11.3 Å². The maximum atomic E-state index is 11.0. The Morgan fingerprint density at radius 3 is 2.26 bits per heavy atom. The summed E-state index contributed by atoms with van der Waals surface area (Å²) >= 11 is 1.85. The summed E-state index contributed by atoms with van der Waals surface area (Å²) < 4.78 is 0. The summed E-state index contributed by atoms with van der Waals surface area (Å²) in [6.07, 6.45) is 0. The molecule has 2 heterocycles. The number of carbonyl (C=O) groups is 1. The second-order valence-electron chi connectivity index (χ2n) is 5.21. The summed E-state index contributed by atoms with van der Waals surface area (Å²) in [5, 5.41) is 9.04. The van der Waals surface area contributed by atoms with Gasteiger partial charge in [0.25, 0.3) is 0 Å². The second-order valence-corrected chi connectivity index (χ2v) is 6.53. The Morgan fingerprint density at radius 1 is 1.21 bits per heavy atom. The van der Waals surface area contributed by atoms with Crippen molar-refractivity contribution in [1.29, 1.82) is 0 Å². The number of aryl methyl sites for hydroxylation is 1. The number of piperazine rings is 1. The molecule has 1 aliphatic heterocycles. The number of hydrogen-bond donors (Lipinski definition) is 1. The van der Waals surface area contributed by atoms with E-state index in [1.807, 2.05) is 16.2 Å². The van der Waals surface area contributed by atoms with E-state index in [-0.39, 0.29) is 6.04 Å². The highest BCUT2D eigenvalue weighted by molar-refractivity contribution is 7.12. The Bertz CT molecular complexity index is 438. The molecular weight excluding hydrogens is 260 g/mol. The molecule has 1 saturated heterocycles. The maximum absolute atomic E-state index is 11.0. The molecular formula is C14H22N2O2S. The van der Waals surface area contributed by atoms with E-state index in [4.69, 9.17) is 5.11 Å². The van der Waals surface area contributed by atoms with Crippen LogP contribution in [-0.2, 0) is 4.79 Å². The summed E-state index contributed by atoms with van der Waals surface area (Å²) in [6, 6.07) is 4.43. The molecule has 0 aromatic carbocycles. The van der Waals surface area contributed by atoms with E-state index >= 15 is 0 Å². The maximum Gasteiger partial charge on any atom is 0.320 e. The number of rotatable bonds is 4. The fourth-order valence-electron chi connectivity index (χ4n) is 2.53. The van der Waals surface area contributed by atoms with Crippen molar-refractivity contribution in [2.75, 3.05) is 26.2 Å². The Kier molecular flexibility index (Phi) is 4.60. The van der Waals surface area contributed by atoms with Gasteiger partial charge in [-0.25, -0.2) is 0 Å². The molecule has 19 heavy (non-hydrogen) atoms. The number of carboxylic acids is 1. The summed E-state index contributed by atoms with van der Waals surface area (Å²) in [5.41, 5.74) is 0. The number of carboxylic acid groups (broad SMARTS) is 1. The van der Waals surface area contributed by atoms with E-state index in [1.54, 1.807) is 6.92 Å². The minimum absolute atomic E-state index is 0.374. The largest absolute Gasteiger partial charge is 0.480 e. The molecule has 0 radical (unpaired) electrons. The topological polar surface area (TPSA) is 43.8 Å². The van der Waals surface area contributed by atoms with Gasteiger partial charge in [-0.3, -0.25) is 14.6 Å². The SMILES string of the molecule is Cc1ccc(C(C)N2CCN(C(C)C(=O)O)CC2)s1. The molecule has 1 aliphatic rings. The fourth-order valence-corrected chi connectivity index (χ4v) is 3.49. The van der Waals surface area contributed by atoms with Crippen molar-refractivity contribution < 1.29 is 9.90 Å². The molecule has 1 fully saturated rings. The number of thiophene rings is 1. The minimum atomic E-state index is -0.726. The highest BCUT2D eigenvalue weighted by Crippen LogP contribution is 2.28. The summed E-state index contributed by atoms with van der Waals surface area (Å²) in [4.78, 5) is 18.2. The third-order valence-electron chi connectivity index (χ3n) is 3.97. The Balaban J connectivity index is 1.91. The van der Waals surface area contributed by atoms with Crippen LogP contribution in [0.2, 0.25) is 0 Å². The average Bonchev–Trinajstić information content (AvgIpc) is 2.84. The molecule has 1 aromatic rings. The number of nitrogens with zero attached hydrogens (tertiary/aromatic N) is 2. The molecule has 5 heteroatoms. The van der Waals surface area contributed by atoms with E-state index in [0.717, 1.165) is 26.2 Å². The number of hydrogen-bond acceptors (Lipinski definition) is 4. The first-order valence-corrected chi connectivity index (χ1v) is 7.58. The van der Waals surface area contributed by atoms with Crippen LogP contribution in [0.3, 0.4) is 0 Å². The average molecular weight is 282 g/mol. The Morgan fingerprint density at radius 2 is 1.79 bits per heavy atom. The lowest BCUT2D eigenvalue weighted by molar-refractivity contribution is -0.143. The van der Waals surface area contributed by atoms with Gasteiger partial charge in [-0.05, 0) is 32.9 Å². The molecule has 0 bridgehead atoms. The third kappa shape index (κ3) is 3.35. The molecule has 0 saturated carbocycles. The van der Waals surface area contributed by atoms with Crippen LogP contribution in [0.15, 0.2) is 12.1 Å². The summed E-state index contributed by atoms with van der Waals surface area (Å²) in [6.45, 7) is 9.69. The van der Waals surface area contributed by atoms with E-state index < -0.39 is 5.97 Å². The smallest absolute Gasteiger partial charge is 0.320 e. The van der Waals surface area contributed by atoms with Crippen molar-refractivity contribution in [2.24, 2.45) is 0 Å². The second kappa shape index (κ2) is 6.03. The first-order valence-electron chi connectivity index (χ1n) is 6.76. The highest BCUT2D eigenvalue weighted by Gasteiger charge is 2.27. The van der Waals surface area contributed by atoms with Gasteiger partial charge in [0, 0.05) is 42.0 Å². The van der Waals surface area contributed by atoms with Crippen LogP contribution in [0.5, 0.6) is 0 Å². The van der Waals surface area contributed by atoms with Gasteiger partial charge in [-0.2, -0.15) is 0 Å². The van der Waals surface area contributed by atoms with Gasteiger partial charge in [0.15, 0.2) is 0 Å². The lowest BCUT2D eigenvalue weighted by Gasteiger charge is -2.39. The van der Waals surface area contributed by atoms with Crippen molar-refractivity contribution in [3.8, 4) is 0 Å². The molecule has 0 spiro atoms. The van der Waals surface area contributed by atoms with Gasteiger partial charge in [0.05, 0.1) is 0 Å². The van der Waals surface area contributed by atoms with Crippen molar-refractivity contribution in [1.82, 2.24) is 9.80 Å². The van der Waals surface area contributed by atoms with Crippen molar-refractivity contribution in [2.45, 2.75) is 32.9 Å². The predicted molar refractivity (Wildman–Crippen MR) is 77.7 cm³/mol. The lowest BCUT2D eigenvalue weighted by atomic mass is 10.1. The van der Waals surface area contributed by atoms with Crippen LogP contribution in [0, 0.1) is 6.92 Å². The summed E-state index contributed by atoms with van der Waals surface area (Å²) in [7, 11) is 0. The molecule has 2 unspecified atom stereocenters. The van der Waals surface area contributed by atoms with Crippen LogP contribution in [0.25, 0.3) is 0 Å². The van der Waals surface area contributed by atoms with Crippen LogP contribution in [0.4, 0.5) is 0 Å². The van der Waals surface area contributed by atoms with E-state index in [9.17, 15) is 4.79 Å². The van der Waals surface area contributed by atoms with Crippen LogP contribution >= 0.6 is 11.3 Å². The van der Waals surface area contributed by atoms with Crippen LogP contribution < -0.4 is 0 Å². The zero-order valence-corrected chi connectivity index (χ0v) is 12.6. The zero-order chi connectivity index (χ0) is 14.0. The van der Waals surface area contributed by atoms with Gasteiger partial charge < -0.3 is 5.11 Å². The van der Waals surface area contributed by atoms with E-state index in [1.165, 1.54) is 9.75 Å². The van der Waals surface area contributed by atoms with Crippen LogP contribution in [-0.4, -0.2) is 53.1 Å². The molecule has 2 atom stereocenters. The van der Waals surface area contributed by atoms with Crippen molar-refractivity contribution in [3.63, 3.8) is 0 Å². The molecule has 106 valence electrons. The van der Waals surface area contributed by atoms with Gasteiger partial charge in [0.1, 0.15) is 6.04 Å². The molecule has 1 aromatic heterocycles. The summed E-state index contributed by atoms with van der Waals surface area (Å²) in [5.74, 6) is -0.726. The van der Waals surface area contributed by atoms with Crippen molar-refractivity contribution >= 4 is 17.3 Å². The highest BCUT2D eigenvalue weighted by atomic mass is 32.1. The third-order valence-corrected chi connectivity index (χ3v) is 5.15. The first kappa shape index (κ1) is 14.5. The van der Waals surface area contributed by atoms with Crippen LogP contribution in [0.1, 0.15) is 29.6 Å². The molecule has 2 rings (SSSR count). The van der Waals surface area contributed by atoms with Gasteiger partial charge >= 0.3 is 5.97 Å². The van der Waals surface area contributed by atoms with Crippen molar-refractivity contribution in [3.05, 3.63) is 21.9 Å². The predicted octanol–water partition coefficient (Wildman–Crippen LogP) is 2.21. The Labute approximate surface area is 118 Å². The number of aliphatic carboxylic acids is 1. The molecule has 0 aliphatic carbocycles. The quantitative estimate of drug-likeness (QED) is 0.919. The van der Waals surface area contributed by atoms with E-state index in [0.29, 0.717) is 6.04 Å². The standard InChI is InChI=1S/C14H22N2O2S/c1-10-4-5-13(19-10)11(2)15-6-8-16(9-7-15)12(3)14(17)18/h4-5,11-12H,6-9H2,1-3H3,(H,17,18). The monoisotopic (exact) mass is 282 g/mol. The van der Waals surface area contributed by atoms with E-state index in [2.05, 4.69) is 30.9 Å².